The van der Waals surface area contributed by atoms with Crippen molar-refractivity contribution < 1.29 is 19.4 Å². The fourth-order valence-electron chi connectivity index (χ4n) is 1.95. The van der Waals surface area contributed by atoms with Gasteiger partial charge in [0.2, 0.25) is 0 Å². The molecule has 19 heavy (non-hydrogen) atoms. The van der Waals surface area contributed by atoms with Gasteiger partial charge in [-0.15, -0.1) is 0 Å². The molecule has 1 aliphatic carbocycles. The molecule has 0 saturated carbocycles. The first-order chi connectivity index (χ1) is 8.45. The molecule has 0 aromatic rings. The zero-order valence-corrected chi connectivity index (χ0v) is 13.7. The fourth-order valence-corrected chi connectivity index (χ4v) is 4.01. The van der Waals surface area contributed by atoms with Crippen molar-refractivity contribution >= 4 is 14.1 Å². The lowest BCUT2D eigenvalue weighted by Gasteiger charge is -2.44. The molecule has 0 unspecified atom stereocenters. The van der Waals surface area contributed by atoms with E-state index in [1.54, 1.807) is 6.08 Å². The molecule has 0 aromatic heterocycles. The number of hydrogen-bond donors (Lipinski definition) is 2. The molecule has 0 heterocycles. The molecule has 0 aromatic carbocycles. The maximum Gasteiger partial charge on any atom is 0.193 e. The quantitative estimate of drug-likeness (QED) is 0.776. The SMILES string of the molecule is CCC(C)(C)[Si](C)(C)O[C@H]1C=CC(=O)[C@](C)(O)[C@H]1O. The third kappa shape index (κ3) is 2.99. The summed E-state index contributed by atoms with van der Waals surface area (Å²) in [6.07, 6.45) is 2.00. The van der Waals surface area contributed by atoms with Crippen LogP contribution in [0.25, 0.3) is 0 Å². The average molecular weight is 286 g/mol. The summed E-state index contributed by atoms with van der Waals surface area (Å²) < 4.78 is 6.12. The van der Waals surface area contributed by atoms with Crippen LogP contribution in [-0.2, 0) is 9.22 Å². The highest BCUT2D eigenvalue weighted by Gasteiger charge is 2.48. The number of rotatable bonds is 4. The maximum atomic E-state index is 11.5. The van der Waals surface area contributed by atoms with Crippen molar-refractivity contribution in [1.29, 1.82) is 0 Å². The Labute approximate surface area is 116 Å². The zero-order chi connectivity index (χ0) is 15.1. The van der Waals surface area contributed by atoms with Gasteiger partial charge in [-0.3, -0.25) is 4.79 Å². The van der Waals surface area contributed by atoms with Crippen molar-refractivity contribution in [3.63, 3.8) is 0 Å². The summed E-state index contributed by atoms with van der Waals surface area (Å²) in [6.45, 7) is 12.0. The first kappa shape index (κ1) is 16.6. The van der Waals surface area contributed by atoms with Gasteiger partial charge in [0.1, 0.15) is 6.10 Å². The smallest absolute Gasteiger partial charge is 0.193 e. The van der Waals surface area contributed by atoms with Gasteiger partial charge < -0.3 is 14.6 Å². The third-order valence-corrected chi connectivity index (χ3v) is 9.24. The summed E-state index contributed by atoms with van der Waals surface area (Å²) >= 11 is 0. The Morgan fingerprint density at radius 1 is 1.47 bits per heavy atom. The van der Waals surface area contributed by atoms with Crippen LogP contribution < -0.4 is 0 Å². The van der Waals surface area contributed by atoms with Gasteiger partial charge in [0.15, 0.2) is 19.7 Å². The van der Waals surface area contributed by atoms with Gasteiger partial charge in [0.05, 0.1) is 6.10 Å². The Balaban J connectivity index is 2.95. The largest absolute Gasteiger partial charge is 0.408 e. The number of aliphatic hydroxyl groups is 2. The Bertz CT molecular complexity index is 385. The lowest BCUT2D eigenvalue weighted by atomic mass is 9.85. The Kier molecular flexibility index (Phi) is 4.47. The number of ketones is 1. The van der Waals surface area contributed by atoms with E-state index in [2.05, 4.69) is 33.9 Å². The Hall–Kier alpha value is -0.493. The molecule has 4 nitrogen and oxygen atoms in total. The van der Waals surface area contributed by atoms with Gasteiger partial charge in [0, 0.05) is 0 Å². The van der Waals surface area contributed by atoms with Crippen molar-refractivity contribution in [1.82, 2.24) is 0 Å². The van der Waals surface area contributed by atoms with Crippen LogP contribution in [0.4, 0.5) is 0 Å². The molecule has 1 aliphatic rings. The Morgan fingerprint density at radius 2 is 2.00 bits per heavy atom. The van der Waals surface area contributed by atoms with Crippen LogP contribution in [0.2, 0.25) is 18.1 Å². The summed E-state index contributed by atoms with van der Waals surface area (Å²) in [6, 6.07) is 0. The second-order valence-corrected chi connectivity index (χ2v) is 11.3. The molecule has 0 amide bonds. The van der Waals surface area contributed by atoms with Crippen LogP contribution in [0.1, 0.15) is 34.1 Å². The summed E-state index contributed by atoms with van der Waals surface area (Å²) in [7, 11) is -2.08. The zero-order valence-electron chi connectivity index (χ0n) is 12.7. The van der Waals surface area contributed by atoms with Crippen molar-refractivity contribution in [2.75, 3.05) is 0 Å². The second-order valence-electron chi connectivity index (χ2n) is 6.65. The van der Waals surface area contributed by atoms with E-state index in [0.29, 0.717) is 0 Å². The molecule has 0 radical (unpaired) electrons. The van der Waals surface area contributed by atoms with Crippen LogP contribution in [-0.4, -0.2) is 42.1 Å². The van der Waals surface area contributed by atoms with Crippen LogP contribution in [0, 0.1) is 0 Å². The Morgan fingerprint density at radius 3 is 2.47 bits per heavy atom. The summed E-state index contributed by atoms with van der Waals surface area (Å²) in [5, 5.41) is 20.2. The first-order valence-electron chi connectivity index (χ1n) is 6.76. The molecular formula is C14H26O4Si. The van der Waals surface area contributed by atoms with E-state index in [-0.39, 0.29) is 5.04 Å². The van der Waals surface area contributed by atoms with Crippen LogP contribution in [0.15, 0.2) is 12.2 Å². The monoisotopic (exact) mass is 286 g/mol. The molecule has 1 rings (SSSR count). The van der Waals surface area contributed by atoms with Crippen molar-refractivity contribution in [2.45, 2.75) is 70.1 Å². The van der Waals surface area contributed by atoms with Gasteiger partial charge in [0.25, 0.3) is 0 Å². The van der Waals surface area contributed by atoms with E-state index in [4.69, 9.17) is 4.43 Å². The van der Waals surface area contributed by atoms with Crippen LogP contribution >= 0.6 is 0 Å². The summed E-state index contributed by atoms with van der Waals surface area (Å²) in [5.74, 6) is -0.478. The fraction of sp³-hybridized carbons (Fsp3) is 0.786. The molecular weight excluding hydrogens is 260 g/mol. The van der Waals surface area contributed by atoms with E-state index >= 15 is 0 Å². The predicted octanol–water partition coefficient (Wildman–Crippen LogP) is 2.02. The standard InChI is InChI=1S/C14H26O4Si/c1-7-13(2,3)19(5,6)18-10-8-9-11(15)14(4,17)12(10)16/h8-10,12,16-17H,7H2,1-6H3/t10-,12-,14-/m0/s1. The minimum absolute atomic E-state index is 0.0495. The van der Waals surface area contributed by atoms with Crippen LogP contribution in [0.5, 0.6) is 0 Å². The van der Waals surface area contributed by atoms with E-state index in [0.717, 1.165) is 6.42 Å². The minimum atomic E-state index is -2.08. The lowest BCUT2D eigenvalue weighted by molar-refractivity contribution is -0.151. The molecule has 2 N–H and O–H groups in total. The van der Waals surface area contributed by atoms with Crippen molar-refractivity contribution in [3.8, 4) is 0 Å². The number of hydrogen-bond acceptors (Lipinski definition) is 4. The second kappa shape index (κ2) is 5.13. The molecule has 0 saturated heterocycles. The molecule has 5 heteroatoms. The molecule has 110 valence electrons. The number of carbonyl (C=O) groups excluding carboxylic acids is 1. The highest BCUT2D eigenvalue weighted by Crippen LogP contribution is 2.42. The van der Waals surface area contributed by atoms with E-state index in [1.165, 1.54) is 13.0 Å². The highest BCUT2D eigenvalue weighted by molar-refractivity contribution is 6.74. The molecule has 0 bridgehead atoms. The van der Waals surface area contributed by atoms with E-state index in [1.807, 2.05) is 0 Å². The van der Waals surface area contributed by atoms with Gasteiger partial charge in [-0.1, -0.05) is 33.3 Å². The van der Waals surface area contributed by atoms with Gasteiger partial charge in [-0.25, -0.2) is 0 Å². The average Bonchev–Trinajstić information content (AvgIpc) is 2.30. The van der Waals surface area contributed by atoms with E-state index < -0.39 is 31.9 Å². The molecule has 0 spiro atoms. The van der Waals surface area contributed by atoms with Gasteiger partial charge in [-0.2, -0.15) is 0 Å². The third-order valence-electron chi connectivity index (χ3n) is 4.77. The maximum absolute atomic E-state index is 11.5. The van der Waals surface area contributed by atoms with E-state index in [9.17, 15) is 15.0 Å². The van der Waals surface area contributed by atoms with Gasteiger partial charge >= 0.3 is 0 Å². The summed E-state index contributed by atoms with van der Waals surface area (Å²) in [5.41, 5.74) is -1.76. The van der Waals surface area contributed by atoms with Crippen molar-refractivity contribution in [3.05, 3.63) is 12.2 Å². The topological polar surface area (TPSA) is 66.8 Å². The lowest BCUT2D eigenvalue weighted by Crippen LogP contribution is -2.58. The van der Waals surface area contributed by atoms with Crippen LogP contribution in [0.3, 0.4) is 0 Å². The predicted molar refractivity (Wildman–Crippen MR) is 77.5 cm³/mol. The number of carbonyl (C=O) groups is 1. The summed E-state index contributed by atoms with van der Waals surface area (Å²) in [4.78, 5) is 11.5. The molecule has 3 atom stereocenters. The molecule has 0 fully saturated rings. The normalized spacial score (nSPS) is 32.7. The number of aliphatic hydroxyl groups excluding tert-OH is 1. The van der Waals surface area contributed by atoms with Gasteiger partial charge in [-0.05, 0) is 31.1 Å². The minimum Gasteiger partial charge on any atom is -0.408 e. The first-order valence-corrected chi connectivity index (χ1v) is 9.67. The highest BCUT2D eigenvalue weighted by atomic mass is 28.4. The van der Waals surface area contributed by atoms with Crippen molar-refractivity contribution in [2.24, 2.45) is 0 Å². The molecule has 0 aliphatic heterocycles.